The quantitative estimate of drug-likeness (QED) is 0.124. The van der Waals surface area contributed by atoms with Crippen molar-refractivity contribution in [3.63, 3.8) is 0 Å². The standard InChI is InChI=1S/2C19H19F3N2O5S/c2*1-12(2)11-30(25,26)18-8-7-15(10-23-18)27-17-9-16(29-24-17)13-3-5-14(6-4-13)28-19(20,21)22/h2*3-8,10,12,16H,9,11H2,1-2H3/t2*16-/m10/s1. The lowest BCUT2D eigenvalue weighted by atomic mass is 10.1. The Labute approximate surface area is 340 Å². The molecule has 0 amide bonds. The van der Waals surface area contributed by atoms with E-state index >= 15 is 0 Å². The molecule has 324 valence electrons. The molecular formula is C38H38F6N4O10S2. The summed E-state index contributed by atoms with van der Waals surface area (Å²) in [6, 6.07) is 16.2. The van der Waals surface area contributed by atoms with Crippen LogP contribution in [0.2, 0.25) is 0 Å². The van der Waals surface area contributed by atoms with Crippen LogP contribution in [0.25, 0.3) is 0 Å². The van der Waals surface area contributed by atoms with E-state index in [9.17, 15) is 43.2 Å². The smallest absolute Gasteiger partial charge is 0.438 e. The lowest BCUT2D eigenvalue weighted by Gasteiger charge is -2.11. The molecular weight excluding hydrogens is 851 g/mol. The minimum absolute atomic E-state index is 0.00473. The second-order valence-electron chi connectivity index (χ2n) is 14.0. The van der Waals surface area contributed by atoms with Crippen molar-refractivity contribution >= 4 is 31.5 Å². The van der Waals surface area contributed by atoms with E-state index in [0.717, 1.165) is 0 Å². The van der Waals surface area contributed by atoms with Crippen LogP contribution < -0.4 is 18.9 Å². The average Bonchev–Trinajstić information content (AvgIpc) is 3.81. The molecule has 14 nitrogen and oxygen atoms in total. The van der Waals surface area contributed by atoms with Crippen molar-refractivity contribution in [2.75, 3.05) is 11.5 Å². The average molecular weight is 889 g/mol. The van der Waals surface area contributed by atoms with Gasteiger partial charge in [0.25, 0.3) is 0 Å². The maximum atomic E-state index is 12.2. The van der Waals surface area contributed by atoms with Gasteiger partial charge in [-0.3, -0.25) is 0 Å². The Morgan fingerprint density at radius 3 is 1.18 bits per heavy atom. The number of pyridine rings is 2. The van der Waals surface area contributed by atoms with Gasteiger partial charge < -0.3 is 28.6 Å². The van der Waals surface area contributed by atoms with Gasteiger partial charge in [0.05, 0.1) is 36.7 Å². The van der Waals surface area contributed by atoms with E-state index in [0.29, 0.717) is 11.1 Å². The summed E-state index contributed by atoms with van der Waals surface area (Å²) >= 11 is 0. The Hall–Kier alpha value is -5.64. The van der Waals surface area contributed by atoms with Crippen molar-refractivity contribution in [3.05, 3.63) is 96.3 Å². The number of sulfone groups is 2. The van der Waals surface area contributed by atoms with E-state index in [-0.39, 0.29) is 81.0 Å². The Morgan fingerprint density at radius 1 is 0.567 bits per heavy atom. The van der Waals surface area contributed by atoms with Crippen LogP contribution in [-0.2, 0) is 29.3 Å². The molecule has 60 heavy (non-hydrogen) atoms. The maximum absolute atomic E-state index is 12.2. The molecule has 4 heterocycles. The van der Waals surface area contributed by atoms with Crippen molar-refractivity contribution in [2.24, 2.45) is 22.1 Å². The molecule has 0 bridgehead atoms. The molecule has 2 aliphatic rings. The molecule has 0 N–H and O–H groups in total. The van der Waals surface area contributed by atoms with Crippen molar-refractivity contribution in [3.8, 4) is 23.0 Å². The van der Waals surface area contributed by atoms with E-state index in [1.54, 1.807) is 27.7 Å². The number of ether oxygens (including phenoxy) is 4. The molecule has 0 saturated heterocycles. The second kappa shape index (κ2) is 18.7. The number of oxime groups is 2. The number of hydrogen-bond acceptors (Lipinski definition) is 14. The summed E-state index contributed by atoms with van der Waals surface area (Å²) in [6.45, 7) is 7.22. The third-order valence-electron chi connectivity index (χ3n) is 7.89. The molecule has 0 spiro atoms. The molecule has 0 aliphatic carbocycles. The summed E-state index contributed by atoms with van der Waals surface area (Å²) in [4.78, 5) is 18.4. The molecule has 0 fully saturated rings. The first-order valence-electron chi connectivity index (χ1n) is 17.9. The summed E-state index contributed by atoms with van der Waals surface area (Å²) < 4.78 is 141. The fourth-order valence-electron chi connectivity index (χ4n) is 5.50. The van der Waals surface area contributed by atoms with Gasteiger partial charge in [0, 0.05) is 0 Å². The van der Waals surface area contributed by atoms with Crippen molar-refractivity contribution in [2.45, 2.75) is 75.5 Å². The van der Waals surface area contributed by atoms with Gasteiger partial charge in [-0.1, -0.05) is 62.3 Å². The van der Waals surface area contributed by atoms with Gasteiger partial charge in [-0.15, -0.1) is 26.3 Å². The minimum atomic E-state index is -4.76. The summed E-state index contributed by atoms with van der Waals surface area (Å²) in [7, 11) is -6.93. The number of benzene rings is 2. The van der Waals surface area contributed by atoms with E-state index in [1.165, 1.54) is 85.2 Å². The van der Waals surface area contributed by atoms with E-state index < -0.39 is 44.6 Å². The van der Waals surface area contributed by atoms with Crippen LogP contribution in [0.1, 0.15) is 63.9 Å². The molecule has 2 aromatic carbocycles. The number of aromatic nitrogens is 2. The highest BCUT2D eigenvalue weighted by Crippen LogP contribution is 2.33. The molecule has 22 heteroatoms. The van der Waals surface area contributed by atoms with Gasteiger partial charge in [0.1, 0.15) is 23.0 Å². The predicted molar refractivity (Wildman–Crippen MR) is 202 cm³/mol. The first-order valence-corrected chi connectivity index (χ1v) is 21.2. The molecule has 0 unspecified atom stereocenters. The number of hydrogen-bond donors (Lipinski definition) is 0. The van der Waals surface area contributed by atoms with Crippen molar-refractivity contribution in [1.29, 1.82) is 0 Å². The van der Waals surface area contributed by atoms with Crippen LogP contribution in [0, 0.1) is 11.8 Å². The number of halogens is 6. The van der Waals surface area contributed by atoms with Gasteiger partial charge in [-0.2, -0.15) is 0 Å². The summed E-state index contributed by atoms with van der Waals surface area (Å²) in [6.07, 6.45) is -7.52. The lowest BCUT2D eigenvalue weighted by Crippen LogP contribution is -2.17. The van der Waals surface area contributed by atoms with Crippen molar-refractivity contribution in [1.82, 2.24) is 9.97 Å². The fraction of sp³-hybridized carbons (Fsp3) is 0.368. The highest BCUT2D eigenvalue weighted by Gasteiger charge is 2.33. The van der Waals surface area contributed by atoms with Crippen molar-refractivity contribution < 1.29 is 71.8 Å². The number of alkyl halides is 6. The van der Waals surface area contributed by atoms with Crippen LogP contribution in [0.3, 0.4) is 0 Å². The van der Waals surface area contributed by atoms with Crippen LogP contribution in [0.4, 0.5) is 26.3 Å². The Bertz CT molecular complexity index is 2170. The number of nitrogens with zero attached hydrogens (tertiary/aromatic N) is 4. The molecule has 2 aliphatic heterocycles. The largest absolute Gasteiger partial charge is 0.573 e. The maximum Gasteiger partial charge on any atom is 0.573 e. The van der Waals surface area contributed by atoms with Crippen LogP contribution in [-0.4, -0.2) is 62.8 Å². The van der Waals surface area contributed by atoms with Crippen LogP contribution >= 0.6 is 0 Å². The molecule has 0 radical (unpaired) electrons. The molecule has 6 rings (SSSR count). The van der Waals surface area contributed by atoms with E-state index in [1.807, 2.05) is 0 Å². The minimum Gasteiger partial charge on any atom is -0.438 e. The SMILES string of the molecule is CC(C)CS(=O)(=O)c1ccc(OC2=NO[C@@H](c3ccc(OC(F)(F)F)cc3)C2)cn1.CC(C)CS(=O)(=O)c1ccc(OC2=NO[C@H](c3ccc(OC(F)(F)F)cc3)C2)cn1. The zero-order chi connectivity index (χ0) is 43.9. The van der Waals surface area contributed by atoms with Gasteiger partial charge in [0.15, 0.2) is 41.9 Å². The van der Waals surface area contributed by atoms with Gasteiger partial charge in [0.2, 0.25) is 11.8 Å². The molecule has 4 aromatic rings. The molecule has 2 aromatic heterocycles. The van der Waals surface area contributed by atoms with E-state index in [2.05, 4.69) is 29.8 Å². The van der Waals surface area contributed by atoms with Crippen LogP contribution in [0.5, 0.6) is 23.0 Å². The zero-order valence-corrected chi connectivity index (χ0v) is 33.8. The highest BCUT2D eigenvalue weighted by molar-refractivity contribution is 7.91. The van der Waals surface area contributed by atoms with Gasteiger partial charge >= 0.3 is 12.7 Å². The first-order chi connectivity index (χ1) is 28.0. The summed E-state index contributed by atoms with van der Waals surface area (Å²) in [5, 5.41) is 7.57. The first kappa shape index (κ1) is 45.4. The number of rotatable bonds is 12. The highest BCUT2D eigenvalue weighted by atomic mass is 32.2. The third kappa shape index (κ3) is 13.7. The van der Waals surface area contributed by atoms with E-state index in [4.69, 9.17) is 19.1 Å². The van der Waals surface area contributed by atoms with Gasteiger partial charge in [-0.25, -0.2) is 26.8 Å². The topological polar surface area (TPSA) is 174 Å². The Kier molecular flexibility index (Phi) is 14.2. The fourth-order valence-corrected chi connectivity index (χ4v) is 8.57. The molecule has 2 atom stereocenters. The summed E-state index contributed by atoms with van der Waals surface area (Å²) in [5.74, 6) is 0.314. The third-order valence-corrected chi connectivity index (χ3v) is 11.9. The monoisotopic (exact) mass is 888 g/mol. The molecule has 0 saturated carbocycles. The Balaban J connectivity index is 0.000000228. The summed E-state index contributed by atoms with van der Waals surface area (Å²) in [5.41, 5.74) is 1.19. The predicted octanol–water partition coefficient (Wildman–Crippen LogP) is 8.53. The van der Waals surface area contributed by atoms with Crippen LogP contribution in [0.15, 0.2) is 106 Å². The lowest BCUT2D eigenvalue weighted by molar-refractivity contribution is -0.275. The Morgan fingerprint density at radius 2 is 0.900 bits per heavy atom. The van der Waals surface area contributed by atoms with Gasteiger partial charge in [-0.05, 0) is 71.5 Å². The normalized spacial score (nSPS) is 16.9. The second-order valence-corrected chi connectivity index (χ2v) is 18.0. The zero-order valence-electron chi connectivity index (χ0n) is 32.2.